The average Bonchev–Trinajstić information content (AvgIpc) is 3.21. The molecular formula is C22H24N4O6. The third-order valence-electron chi connectivity index (χ3n) is 5.19. The maximum atomic E-state index is 12.5. The van der Waals surface area contributed by atoms with Crippen LogP contribution in [0.1, 0.15) is 30.7 Å². The second kappa shape index (κ2) is 9.46. The third kappa shape index (κ3) is 5.39. The first-order chi connectivity index (χ1) is 15.1. The van der Waals surface area contributed by atoms with Gasteiger partial charge in [-0.25, -0.2) is 9.78 Å². The molecule has 0 saturated carbocycles. The first-order valence-corrected chi connectivity index (χ1v) is 10.00. The Bertz CT molecular complexity index is 1200. The molecule has 0 aliphatic heterocycles. The van der Waals surface area contributed by atoms with Crippen molar-refractivity contribution < 1.29 is 24.6 Å². The number of benzene rings is 1. The van der Waals surface area contributed by atoms with E-state index in [9.17, 15) is 24.3 Å². The van der Waals surface area contributed by atoms with Gasteiger partial charge >= 0.3 is 11.9 Å². The fourth-order valence-electron chi connectivity index (χ4n) is 3.48. The first kappa shape index (κ1) is 22.7. The number of hydrogen-bond donors (Lipinski definition) is 4. The van der Waals surface area contributed by atoms with Gasteiger partial charge in [0.25, 0.3) is 5.56 Å². The zero-order chi connectivity index (χ0) is 23.4. The van der Waals surface area contributed by atoms with Gasteiger partial charge in [-0.1, -0.05) is 12.1 Å². The zero-order valence-corrected chi connectivity index (χ0v) is 17.7. The van der Waals surface area contributed by atoms with E-state index in [1.54, 1.807) is 31.2 Å². The Morgan fingerprint density at radius 1 is 1.25 bits per heavy atom. The van der Waals surface area contributed by atoms with Crippen molar-refractivity contribution in [1.29, 1.82) is 0 Å². The topological polar surface area (TPSA) is 153 Å². The van der Waals surface area contributed by atoms with Gasteiger partial charge in [-0.05, 0) is 37.1 Å². The van der Waals surface area contributed by atoms with Gasteiger partial charge in [0.1, 0.15) is 11.9 Å². The highest BCUT2D eigenvalue weighted by atomic mass is 16.4. The van der Waals surface area contributed by atoms with Gasteiger partial charge in [0.2, 0.25) is 5.91 Å². The fraction of sp³-hybridized carbons (Fsp3) is 0.318. The molecule has 1 heterocycles. The molecule has 32 heavy (non-hydrogen) atoms. The van der Waals surface area contributed by atoms with Crippen LogP contribution in [0.5, 0.6) is 0 Å². The van der Waals surface area contributed by atoms with Crippen LogP contribution >= 0.6 is 0 Å². The van der Waals surface area contributed by atoms with Crippen molar-refractivity contribution >= 4 is 28.7 Å². The first-order valence-electron chi connectivity index (χ1n) is 10.00. The maximum absolute atomic E-state index is 12.5. The molecule has 2 aromatic rings. The van der Waals surface area contributed by atoms with Gasteiger partial charge in [0, 0.05) is 37.7 Å². The fourth-order valence-corrected chi connectivity index (χ4v) is 3.48. The van der Waals surface area contributed by atoms with E-state index in [2.05, 4.69) is 15.3 Å². The molecule has 1 aromatic heterocycles. The number of allylic oxidation sites excluding steroid dienone is 3. The molecule has 1 amide bonds. The van der Waals surface area contributed by atoms with E-state index in [1.165, 1.54) is 0 Å². The van der Waals surface area contributed by atoms with Crippen molar-refractivity contribution in [1.82, 2.24) is 20.2 Å². The predicted octanol–water partition coefficient (Wildman–Crippen LogP) is 1.31. The van der Waals surface area contributed by atoms with E-state index in [0.717, 1.165) is 11.3 Å². The summed E-state index contributed by atoms with van der Waals surface area (Å²) >= 11 is 0. The molecule has 1 aromatic carbocycles. The van der Waals surface area contributed by atoms with Crippen LogP contribution < -0.4 is 10.9 Å². The molecular weight excluding hydrogens is 416 g/mol. The monoisotopic (exact) mass is 440 g/mol. The van der Waals surface area contributed by atoms with Gasteiger partial charge in [0.05, 0.1) is 10.9 Å². The number of carbonyl (C=O) groups excluding carboxylic acids is 1. The summed E-state index contributed by atoms with van der Waals surface area (Å²) in [5.74, 6) is -2.40. The van der Waals surface area contributed by atoms with Crippen molar-refractivity contribution in [3.8, 4) is 0 Å². The normalized spacial score (nSPS) is 13.9. The number of aromatic nitrogens is 2. The number of aliphatic carboxylic acids is 2. The number of carboxylic acid groups (broad SMARTS) is 2. The second-order valence-corrected chi connectivity index (χ2v) is 7.68. The number of aromatic amines is 1. The summed E-state index contributed by atoms with van der Waals surface area (Å²) in [6, 6.07) is 4.20. The number of hydrogen-bond acceptors (Lipinski definition) is 6. The molecule has 0 bridgehead atoms. The lowest BCUT2D eigenvalue weighted by atomic mass is 10.1. The molecule has 1 aliphatic rings. The molecule has 0 radical (unpaired) electrons. The Balaban J connectivity index is 1.61. The summed E-state index contributed by atoms with van der Waals surface area (Å²) in [6.07, 6.45) is 3.16. The zero-order valence-electron chi connectivity index (χ0n) is 17.7. The number of rotatable bonds is 9. The SMILES string of the molecule is Cc1nc2ccc(CN(C)C3=CC=C(C(=O)N[C@@H](CCC(=O)O)C(=O)O)C3)cc2c(=O)[nH]1. The highest BCUT2D eigenvalue weighted by molar-refractivity contribution is 5.97. The van der Waals surface area contributed by atoms with Crippen molar-refractivity contribution in [2.45, 2.75) is 38.8 Å². The van der Waals surface area contributed by atoms with Crippen molar-refractivity contribution in [3.05, 3.63) is 63.4 Å². The van der Waals surface area contributed by atoms with Crippen LogP contribution in [0, 0.1) is 6.92 Å². The van der Waals surface area contributed by atoms with Gasteiger partial charge in [-0.15, -0.1) is 0 Å². The third-order valence-corrected chi connectivity index (χ3v) is 5.19. The summed E-state index contributed by atoms with van der Waals surface area (Å²) in [5, 5.41) is 20.8. The van der Waals surface area contributed by atoms with E-state index in [-0.39, 0.29) is 18.4 Å². The van der Waals surface area contributed by atoms with Gasteiger partial charge in [0.15, 0.2) is 0 Å². The summed E-state index contributed by atoms with van der Waals surface area (Å²) in [7, 11) is 1.86. The van der Waals surface area contributed by atoms with E-state index in [4.69, 9.17) is 5.11 Å². The van der Waals surface area contributed by atoms with Gasteiger partial charge in [-0.2, -0.15) is 0 Å². The molecule has 10 nitrogen and oxygen atoms in total. The molecule has 168 valence electrons. The molecule has 0 unspecified atom stereocenters. The van der Waals surface area contributed by atoms with Crippen molar-refractivity contribution in [2.24, 2.45) is 0 Å². The van der Waals surface area contributed by atoms with E-state index < -0.39 is 23.9 Å². The van der Waals surface area contributed by atoms with E-state index in [1.807, 2.05) is 18.0 Å². The average molecular weight is 440 g/mol. The highest BCUT2D eigenvalue weighted by Crippen LogP contribution is 2.24. The summed E-state index contributed by atoms with van der Waals surface area (Å²) in [5.41, 5.74) is 2.56. The lowest BCUT2D eigenvalue weighted by Crippen LogP contribution is -2.41. The van der Waals surface area contributed by atoms with Gasteiger partial charge in [-0.3, -0.25) is 14.4 Å². The highest BCUT2D eigenvalue weighted by Gasteiger charge is 2.25. The molecule has 0 saturated heterocycles. The summed E-state index contributed by atoms with van der Waals surface area (Å²) < 4.78 is 0. The summed E-state index contributed by atoms with van der Waals surface area (Å²) in [4.78, 5) is 55.6. The number of nitrogens with one attached hydrogen (secondary N) is 2. The molecule has 1 aliphatic carbocycles. The van der Waals surface area contributed by atoms with Gasteiger partial charge < -0.3 is 25.4 Å². The molecule has 4 N–H and O–H groups in total. The minimum absolute atomic E-state index is 0.195. The number of carbonyl (C=O) groups is 3. The molecule has 10 heteroatoms. The molecule has 1 atom stereocenters. The van der Waals surface area contributed by atoms with Crippen LogP contribution in [0.2, 0.25) is 0 Å². The Kier molecular flexibility index (Phi) is 6.72. The minimum atomic E-state index is -1.28. The lowest BCUT2D eigenvalue weighted by Gasteiger charge is -2.22. The Hall–Kier alpha value is -3.95. The Morgan fingerprint density at radius 3 is 2.69 bits per heavy atom. The predicted molar refractivity (Wildman–Crippen MR) is 116 cm³/mol. The molecule has 0 fully saturated rings. The van der Waals surface area contributed by atoms with Crippen LogP contribution in [0.4, 0.5) is 0 Å². The largest absolute Gasteiger partial charge is 0.481 e. The standard InChI is InChI=1S/C22H24N4O6/c1-12-23-17-6-3-13(9-16(17)21(30)24-12)11-26(2)15-5-4-14(10-15)20(29)25-18(22(31)32)7-8-19(27)28/h3-6,9,18H,7-8,10-11H2,1-2H3,(H,25,29)(H,27,28)(H,31,32)(H,23,24,30)/t18-/m0/s1. The number of aryl methyl sites for hydroxylation is 1. The second-order valence-electron chi connectivity index (χ2n) is 7.68. The smallest absolute Gasteiger partial charge is 0.326 e. The molecule has 3 rings (SSSR count). The number of amides is 1. The van der Waals surface area contributed by atoms with Crippen LogP contribution in [-0.2, 0) is 20.9 Å². The van der Waals surface area contributed by atoms with E-state index >= 15 is 0 Å². The van der Waals surface area contributed by atoms with Crippen LogP contribution in [-0.4, -0.2) is 56.0 Å². The maximum Gasteiger partial charge on any atom is 0.326 e. The number of H-pyrrole nitrogens is 1. The van der Waals surface area contributed by atoms with Crippen molar-refractivity contribution in [3.63, 3.8) is 0 Å². The van der Waals surface area contributed by atoms with Crippen molar-refractivity contribution in [2.75, 3.05) is 7.05 Å². The Morgan fingerprint density at radius 2 is 2.00 bits per heavy atom. The quantitative estimate of drug-likeness (QED) is 0.455. The molecule has 0 spiro atoms. The lowest BCUT2D eigenvalue weighted by molar-refractivity contribution is -0.142. The Labute approximate surface area is 183 Å². The van der Waals surface area contributed by atoms with E-state index in [0.29, 0.717) is 35.3 Å². The minimum Gasteiger partial charge on any atom is -0.481 e. The number of carboxylic acids is 2. The van der Waals surface area contributed by atoms with Crippen LogP contribution in [0.3, 0.4) is 0 Å². The van der Waals surface area contributed by atoms with Crippen LogP contribution in [0.25, 0.3) is 10.9 Å². The van der Waals surface area contributed by atoms with Crippen LogP contribution in [0.15, 0.2) is 46.4 Å². The number of nitrogens with zero attached hydrogens (tertiary/aromatic N) is 2. The summed E-state index contributed by atoms with van der Waals surface area (Å²) in [6.45, 7) is 2.22. The number of fused-ring (bicyclic) bond motifs is 1.